The molecule has 1 saturated heterocycles. The van der Waals surface area contributed by atoms with Crippen molar-refractivity contribution in [3.63, 3.8) is 0 Å². The number of hydrogen-bond donors (Lipinski definition) is 13. The summed E-state index contributed by atoms with van der Waals surface area (Å²) in [4.78, 5) is 98.9. The Morgan fingerprint density at radius 2 is 1.18 bits per heavy atom. The molecule has 0 aromatic heterocycles. The van der Waals surface area contributed by atoms with E-state index in [1.165, 1.54) is 12.1 Å². The number of guanidine groups is 1. The van der Waals surface area contributed by atoms with E-state index in [9.17, 15) is 54.0 Å². The first-order valence-electron chi connectivity index (χ1n) is 26.9. The van der Waals surface area contributed by atoms with Gasteiger partial charge in [-0.15, -0.1) is 0 Å². The second-order valence-corrected chi connectivity index (χ2v) is 19.3. The molecule has 0 unspecified atom stereocenters. The van der Waals surface area contributed by atoms with Gasteiger partial charge in [0.15, 0.2) is 5.96 Å². The van der Waals surface area contributed by atoms with Crippen molar-refractivity contribution in [2.24, 2.45) is 16.5 Å². The molecule has 3 atom stereocenters. The number of aliphatic carboxylic acids is 3. The van der Waals surface area contributed by atoms with Crippen LogP contribution in [0.2, 0.25) is 0 Å². The summed E-state index contributed by atoms with van der Waals surface area (Å²) < 4.78 is 0. The minimum atomic E-state index is -1.01. The summed E-state index contributed by atoms with van der Waals surface area (Å²) in [6.45, 7) is 7.21. The topological polar surface area (TPSA) is 362 Å². The Balaban J connectivity index is 1.23. The monoisotopic (exact) mass is 1100 g/mol. The lowest BCUT2D eigenvalue weighted by Crippen LogP contribution is -2.49. The van der Waals surface area contributed by atoms with Gasteiger partial charge in [0.2, 0.25) is 17.7 Å². The van der Waals surface area contributed by atoms with Crippen LogP contribution in [0.15, 0.2) is 83.9 Å². The van der Waals surface area contributed by atoms with Crippen LogP contribution in [0.4, 0.5) is 10.5 Å². The van der Waals surface area contributed by atoms with Crippen molar-refractivity contribution in [1.29, 1.82) is 0 Å². The molecule has 1 aliphatic rings. The predicted molar refractivity (Wildman–Crippen MR) is 299 cm³/mol. The van der Waals surface area contributed by atoms with E-state index in [4.69, 9.17) is 11.5 Å². The van der Waals surface area contributed by atoms with Crippen LogP contribution >= 0.6 is 0 Å². The number of hydrogen-bond acceptors (Lipinski definition) is 16. The lowest BCUT2D eigenvalue weighted by atomic mass is 9.90. The summed E-state index contributed by atoms with van der Waals surface area (Å²) in [7, 11) is 0. The minimum Gasteiger partial charge on any atom is -0.508 e. The van der Waals surface area contributed by atoms with Crippen molar-refractivity contribution in [2.75, 3.05) is 117 Å². The molecule has 1 aliphatic heterocycles. The van der Waals surface area contributed by atoms with Gasteiger partial charge in [-0.1, -0.05) is 61.0 Å². The zero-order chi connectivity index (χ0) is 57.4. The Labute approximate surface area is 461 Å². The second kappa shape index (κ2) is 35.9. The number of carboxylic acids is 3. The van der Waals surface area contributed by atoms with Crippen LogP contribution in [-0.4, -0.2) is 211 Å². The molecule has 25 nitrogen and oxygen atoms in total. The zero-order valence-electron chi connectivity index (χ0n) is 45.2. The average molecular weight is 1100 g/mol. The molecule has 4 rings (SSSR count). The van der Waals surface area contributed by atoms with Crippen molar-refractivity contribution in [3.05, 3.63) is 95.6 Å². The maximum atomic E-state index is 14.3. The molecule has 25 heteroatoms. The highest BCUT2D eigenvalue weighted by molar-refractivity contribution is 5.95. The van der Waals surface area contributed by atoms with Gasteiger partial charge in [-0.05, 0) is 86.5 Å². The van der Waals surface area contributed by atoms with E-state index in [0.29, 0.717) is 116 Å². The molecule has 0 bridgehead atoms. The first kappa shape index (κ1) is 64.1. The molecule has 1 fully saturated rings. The Morgan fingerprint density at radius 1 is 0.608 bits per heavy atom. The van der Waals surface area contributed by atoms with E-state index < -0.39 is 53.8 Å². The van der Waals surface area contributed by atoms with Crippen LogP contribution in [0.5, 0.6) is 5.75 Å². The molecule has 0 saturated carbocycles. The number of amides is 5. The lowest BCUT2D eigenvalue weighted by molar-refractivity contribution is -0.140. The van der Waals surface area contributed by atoms with Crippen LogP contribution in [-0.2, 0) is 35.3 Å². The average Bonchev–Trinajstić information content (AvgIpc) is 3.41. The summed E-state index contributed by atoms with van der Waals surface area (Å²) in [5.41, 5.74) is 15.1. The fourth-order valence-electron chi connectivity index (χ4n) is 8.67. The second-order valence-electron chi connectivity index (χ2n) is 19.3. The third kappa shape index (κ3) is 26.2. The maximum Gasteiger partial charge on any atom is 0.321 e. The van der Waals surface area contributed by atoms with E-state index in [-0.39, 0.29) is 56.8 Å². The number of phenolic OH excluding ortho intramolecular Hbond substituents is 1. The van der Waals surface area contributed by atoms with Gasteiger partial charge in [0.25, 0.3) is 0 Å². The highest BCUT2D eigenvalue weighted by Crippen LogP contribution is 2.27. The summed E-state index contributed by atoms with van der Waals surface area (Å²) in [5, 5.41) is 58.7. The molecule has 79 heavy (non-hydrogen) atoms. The minimum absolute atomic E-state index is 0.0761. The van der Waals surface area contributed by atoms with E-state index in [2.05, 4.69) is 47.1 Å². The molecule has 0 radical (unpaired) electrons. The number of phenols is 1. The predicted octanol–water partition coefficient (Wildman–Crippen LogP) is 0.178. The fraction of sp³-hybridized carbons (Fsp3) is 0.519. The molecule has 3 aromatic carbocycles. The molecule has 434 valence electrons. The number of anilines is 1. The van der Waals surface area contributed by atoms with Crippen molar-refractivity contribution < 1.29 is 54.0 Å². The molecule has 0 spiro atoms. The fourth-order valence-corrected chi connectivity index (χ4v) is 8.67. The van der Waals surface area contributed by atoms with Gasteiger partial charge in [-0.2, -0.15) is 0 Å². The van der Waals surface area contributed by atoms with Crippen molar-refractivity contribution in [3.8, 4) is 5.75 Å². The molecule has 1 heterocycles. The number of urea groups is 1. The summed E-state index contributed by atoms with van der Waals surface area (Å²) >= 11 is 0. The standard InChI is InChI=1S/C54H82N14O11/c1-2-58-54(79)64-53(56)61-23-8-13-45(51(77)62-34-39-14-20-43(69)21-15-39)63-52(78)49(40-10-4-3-5-11-40)41-16-18-42(19-17-41)59-24-9-25-60-50(76)44(55)12-6-7-22-57-38-68-32-30-66(36-47(72)73)28-26-65(35-46(70)71)27-29-67(31-33-68)37-48(74)75/h3-5,10-11,14-21,44-45,49,57,59,69H,2,6-9,12-13,22-38,55H2,1H3,(H,60,76)(H,62,77)(H,63,78)(H,70,71)(H,72,73)(H,74,75)(H4,56,58,61,64,79)/t44-,45-,49-/m1/s1. The van der Waals surface area contributed by atoms with Crippen LogP contribution in [0.25, 0.3) is 0 Å². The maximum absolute atomic E-state index is 14.3. The van der Waals surface area contributed by atoms with Gasteiger partial charge in [-0.3, -0.25) is 58.7 Å². The van der Waals surface area contributed by atoms with Crippen molar-refractivity contribution in [1.82, 2.24) is 51.5 Å². The van der Waals surface area contributed by atoms with E-state index in [0.717, 1.165) is 23.2 Å². The number of carbonyl (C=O) groups is 7. The van der Waals surface area contributed by atoms with Crippen LogP contribution in [0, 0.1) is 0 Å². The van der Waals surface area contributed by atoms with Crippen LogP contribution in [0.1, 0.15) is 68.1 Å². The number of aromatic hydroxyl groups is 1. The molecular weight excluding hydrogens is 1020 g/mol. The number of unbranched alkanes of at least 4 members (excludes halogenated alkanes) is 1. The number of carbonyl (C=O) groups excluding carboxylic acids is 4. The van der Waals surface area contributed by atoms with Gasteiger partial charge >= 0.3 is 23.9 Å². The lowest BCUT2D eigenvalue weighted by Gasteiger charge is -2.33. The number of nitrogens with zero attached hydrogens (tertiary/aromatic N) is 5. The molecule has 3 aromatic rings. The number of nitrogens with one attached hydrogen (secondary N) is 7. The van der Waals surface area contributed by atoms with Crippen molar-refractivity contribution in [2.45, 2.75) is 70.0 Å². The van der Waals surface area contributed by atoms with Gasteiger partial charge < -0.3 is 63.8 Å². The van der Waals surface area contributed by atoms with Gasteiger partial charge in [0, 0.05) is 97.4 Å². The molecule has 0 aliphatic carbocycles. The molecule has 5 amide bonds. The zero-order valence-corrected chi connectivity index (χ0v) is 45.2. The third-order valence-corrected chi connectivity index (χ3v) is 13.0. The Morgan fingerprint density at radius 3 is 1.75 bits per heavy atom. The molecule has 15 N–H and O–H groups in total. The summed E-state index contributed by atoms with van der Waals surface area (Å²) in [5.74, 6) is -4.76. The van der Waals surface area contributed by atoms with Crippen LogP contribution < -0.4 is 48.7 Å². The number of nitrogens with two attached hydrogens (primary N) is 2. The van der Waals surface area contributed by atoms with E-state index >= 15 is 0 Å². The number of benzene rings is 3. The normalized spacial score (nSPS) is 15.5. The highest BCUT2D eigenvalue weighted by atomic mass is 16.4. The van der Waals surface area contributed by atoms with Gasteiger partial charge in [-0.25, -0.2) is 4.79 Å². The Hall–Kier alpha value is -7.42. The highest BCUT2D eigenvalue weighted by Gasteiger charge is 2.28. The molecular formula is C54H82N14O11. The van der Waals surface area contributed by atoms with E-state index in [1.807, 2.05) is 54.6 Å². The van der Waals surface area contributed by atoms with Gasteiger partial charge in [0.05, 0.1) is 31.6 Å². The largest absolute Gasteiger partial charge is 0.508 e. The first-order valence-corrected chi connectivity index (χ1v) is 26.9. The van der Waals surface area contributed by atoms with Crippen LogP contribution in [0.3, 0.4) is 0 Å². The SMILES string of the molecule is CCNC(=O)NC(N)=NCCC[C@@H](NC(=O)[C@H](c1ccccc1)c1ccc(NCCCNC(=O)[C@H](N)CCCCNCN2CCN(CC(=O)O)CCN(CC(=O)O)CCN(CC(=O)O)CC2)cc1)C(=O)NCc1ccc(O)cc1. The number of rotatable bonds is 31. The summed E-state index contributed by atoms with van der Waals surface area (Å²) in [6.07, 6.45) is 3.10. The first-order chi connectivity index (χ1) is 38.0. The van der Waals surface area contributed by atoms with Crippen molar-refractivity contribution >= 4 is 53.3 Å². The Kier molecular flexibility index (Phi) is 29.1. The number of carboxylic acid groups (broad SMARTS) is 3. The van der Waals surface area contributed by atoms with Gasteiger partial charge in [0.1, 0.15) is 11.8 Å². The third-order valence-electron chi connectivity index (χ3n) is 13.0. The Bertz CT molecular complexity index is 2350. The smallest absolute Gasteiger partial charge is 0.321 e. The number of aliphatic imine (C=N–C) groups is 1. The summed E-state index contributed by atoms with van der Waals surface area (Å²) in [6, 6.07) is 21.0. The quantitative estimate of drug-likeness (QED) is 0.0232. The van der Waals surface area contributed by atoms with E-state index in [1.54, 1.807) is 33.8 Å².